The summed E-state index contributed by atoms with van der Waals surface area (Å²) in [4.78, 5) is 0. The van der Waals surface area contributed by atoms with Crippen LogP contribution >= 0.6 is 34.7 Å². The van der Waals surface area contributed by atoms with E-state index in [1.165, 1.54) is 5.56 Å². The molecule has 0 amide bonds. The van der Waals surface area contributed by atoms with Crippen LogP contribution < -0.4 is 5.32 Å². The van der Waals surface area contributed by atoms with Gasteiger partial charge >= 0.3 is 0 Å². The van der Waals surface area contributed by atoms with Crippen molar-refractivity contribution in [3.63, 3.8) is 0 Å². The molecule has 0 aliphatic heterocycles. The second kappa shape index (κ2) is 4.92. The Bertz CT molecular complexity index is 413. The molecule has 2 heterocycles. The fourth-order valence-electron chi connectivity index (χ4n) is 1.31. The summed E-state index contributed by atoms with van der Waals surface area (Å²) < 4.78 is 7.98. The average molecular weight is 260 g/mol. The van der Waals surface area contributed by atoms with Gasteiger partial charge in [-0.2, -0.15) is 20.1 Å². The molecule has 0 radical (unpaired) electrons. The fourth-order valence-corrected chi connectivity index (χ4v) is 2.65. The van der Waals surface area contributed by atoms with Crippen LogP contribution in [0.3, 0.4) is 0 Å². The molecule has 1 N–H and O–H groups in total. The van der Waals surface area contributed by atoms with E-state index < -0.39 is 0 Å². The quantitative estimate of drug-likeness (QED) is 0.916. The third kappa shape index (κ3) is 2.90. The van der Waals surface area contributed by atoms with Crippen LogP contribution in [-0.4, -0.2) is 14.8 Å². The van der Waals surface area contributed by atoms with Crippen LogP contribution in [0, 0.1) is 0 Å². The van der Waals surface area contributed by atoms with E-state index >= 15 is 0 Å². The summed E-state index contributed by atoms with van der Waals surface area (Å²) in [7, 11) is 0. The zero-order chi connectivity index (χ0) is 10.7. The highest BCUT2D eigenvalue weighted by atomic mass is 35.5. The van der Waals surface area contributed by atoms with E-state index in [-0.39, 0.29) is 0 Å². The number of hydrogen-bond acceptors (Lipinski definition) is 5. The predicted octanol–water partition coefficient (Wildman–Crippen LogP) is 3.30. The Kier molecular flexibility index (Phi) is 3.56. The first-order valence-electron chi connectivity index (χ1n) is 4.51. The summed E-state index contributed by atoms with van der Waals surface area (Å²) >= 11 is 8.68. The fraction of sp³-hybridized carbons (Fsp3) is 0.333. The maximum atomic E-state index is 5.84. The van der Waals surface area contributed by atoms with Crippen LogP contribution in [0.15, 0.2) is 16.8 Å². The van der Waals surface area contributed by atoms with Gasteiger partial charge in [0.15, 0.2) is 11.0 Å². The van der Waals surface area contributed by atoms with Crippen molar-refractivity contribution >= 4 is 40.5 Å². The molecule has 0 bridgehead atoms. The first-order valence-corrected chi connectivity index (χ1v) is 6.56. The van der Waals surface area contributed by atoms with Crippen molar-refractivity contribution in [2.24, 2.45) is 0 Å². The van der Waals surface area contributed by atoms with Crippen LogP contribution in [0.5, 0.6) is 0 Å². The summed E-state index contributed by atoms with van der Waals surface area (Å²) in [5.41, 5.74) is 1.33. The number of rotatable bonds is 4. The Morgan fingerprint density at radius 3 is 3.00 bits per heavy atom. The number of thiophene rings is 1. The molecule has 0 spiro atoms. The smallest absolute Gasteiger partial charge is 0.186 e. The second-order valence-corrected chi connectivity index (χ2v) is 4.95. The lowest BCUT2D eigenvalue weighted by atomic mass is 10.1. The van der Waals surface area contributed by atoms with Gasteiger partial charge in [0, 0.05) is 6.04 Å². The molecule has 2 aromatic heterocycles. The highest BCUT2D eigenvalue weighted by molar-refractivity contribution is 7.07. The molecule has 0 fully saturated rings. The molecular weight excluding hydrogens is 250 g/mol. The lowest BCUT2D eigenvalue weighted by Crippen LogP contribution is -2.18. The Balaban J connectivity index is 1.93. The van der Waals surface area contributed by atoms with Gasteiger partial charge in [0.25, 0.3) is 0 Å². The van der Waals surface area contributed by atoms with E-state index in [4.69, 9.17) is 11.6 Å². The number of hydrogen-bond donors (Lipinski definition) is 1. The van der Waals surface area contributed by atoms with Crippen molar-refractivity contribution in [3.05, 3.63) is 27.5 Å². The molecule has 0 saturated heterocycles. The molecule has 6 heteroatoms. The first-order chi connectivity index (χ1) is 7.25. The molecule has 1 unspecified atom stereocenters. The van der Waals surface area contributed by atoms with Crippen LogP contribution in [0.1, 0.15) is 12.5 Å². The Morgan fingerprint density at radius 1 is 1.53 bits per heavy atom. The van der Waals surface area contributed by atoms with Crippen LogP contribution in [0.2, 0.25) is 5.15 Å². The van der Waals surface area contributed by atoms with Crippen molar-refractivity contribution in [3.8, 4) is 0 Å². The number of anilines is 1. The molecule has 2 aromatic rings. The standard InChI is InChI=1S/C9H10ClN3S2/c1-6(4-7-2-3-14-5-7)11-9-8(10)12-15-13-9/h2-3,5-6H,4H2,1H3,(H,11,13). The van der Waals surface area contributed by atoms with Gasteiger partial charge in [0.05, 0.1) is 11.7 Å². The topological polar surface area (TPSA) is 37.8 Å². The molecule has 0 saturated carbocycles. The SMILES string of the molecule is CC(Cc1ccsc1)Nc1nsnc1Cl. The molecule has 0 aliphatic rings. The number of nitrogens with zero attached hydrogens (tertiary/aromatic N) is 2. The van der Waals surface area contributed by atoms with Gasteiger partial charge in [0.1, 0.15) is 0 Å². The second-order valence-electron chi connectivity index (χ2n) is 3.28. The van der Waals surface area contributed by atoms with Gasteiger partial charge in [-0.25, -0.2) is 0 Å². The van der Waals surface area contributed by atoms with E-state index in [2.05, 4.69) is 37.8 Å². The number of nitrogens with one attached hydrogen (secondary N) is 1. The minimum Gasteiger partial charge on any atom is -0.364 e. The normalized spacial score (nSPS) is 12.7. The lowest BCUT2D eigenvalue weighted by molar-refractivity contribution is 0.789. The molecular formula is C9H10ClN3S2. The van der Waals surface area contributed by atoms with Gasteiger partial charge in [-0.05, 0) is 35.7 Å². The summed E-state index contributed by atoms with van der Waals surface area (Å²) in [6.45, 7) is 2.10. The zero-order valence-corrected chi connectivity index (χ0v) is 10.5. The van der Waals surface area contributed by atoms with E-state index in [1.807, 2.05) is 0 Å². The molecule has 0 aliphatic carbocycles. The largest absolute Gasteiger partial charge is 0.364 e. The minimum atomic E-state index is 0.306. The van der Waals surface area contributed by atoms with Crippen molar-refractivity contribution < 1.29 is 0 Å². The Labute approximate surface area is 101 Å². The number of aromatic nitrogens is 2. The van der Waals surface area contributed by atoms with Crippen molar-refractivity contribution in [1.29, 1.82) is 0 Å². The molecule has 80 valence electrons. The van der Waals surface area contributed by atoms with Crippen molar-refractivity contribution in [2.75, 3.05) is 5.32 Å². The third-order valence-electron chi connectivity index (χ3n) is 1.95. The highest BCUT2D eigenvalue weighted by Gasteiger charge is 2.09. The van der Waals surface area contributed by atoms with E-state index in [0.717, 1.165) is 18.1 Å². The number of halogens is 1. The molecule has 1 atom stereocenters. The third-order valence-corrected chi connectivity index (χ3v) is 3.58. The van der Waals surface area contributed by atoms with E-state index in [1.54, 1.807) is 11.3 Å². The van der Waals surface area contributed by atoms with Gasteiger partial charge < -0.3 is 5.32 Å². The molecule has 0 aromatic carbocycles. The minimum absolute atomic E-state index is 0.306. The molecule has 3 nitrogen and oxygen atoms in total. The Morgan fingerprint density at radius 2 is 2.40 bits per heavy atom. The molecule has 2 rings (SSSR count). The van der Waals surface area contributed by atoms with Gasteiger partial charge in [-0.15, -0.1) is 0 Å². The van der Waals surface area contributed by atoms with E-state index in [9.17, 15) is 0 Å². The summed E-state index contributed by atoms with van der Waals surface area (Å²) in [5, 5.41) is 7.93. The summed E-state index contributed by atoms with van der Waals surface area (Å²) in [6.07, 6.45) is 0.970. The predicted molar refractivity (Wildman–Crippen MR) is 66.0 cm³/mol. The van der Waals surface area contributed by atoms with Crippen molar-refractivity contribution in [1.82, 2.24) is 8.75 Å². The van der Waals surface area contributed by atoms with Crippen LogP contribution in [0.25, 0.3) is 0 Å². The summed E-state index contributed by atoms with van der Waals surface area (Å²) in [5.74, 6) is 0.685. The van der Waals surface area contributed by atoms with Crippen LogP contribution in [0.4, 0.5) is 5.82 Å². The zero-order valence-electron chi connectivity index (χ0n) is 8.11. The average Bonchev–Trinajstić information content (AvgIpc) is 2.79. The van der Waals surface area contributed by atoms with Crippen molar-refractivity contribution in [2.45, 2.75) is 19.4 Å². The van der Waals surface area contributed by atoms with Gasteiger partial charge in [0.2, 0.25) is 0 Å². The first kappa shape index (κ1) is 10.9. The van der Waals surface area contributed by atoms with Gasteiger partial charge in [-0.1, -0.05) is 11.6 Å². The lowest BCUT2D eigenvalue weighted by Gasteiger charge is -2.11. The maximum absolute atomic E-state index is 5.84. The monoisotopic (exact) mass is 259 g/mol. The van der Waals surface area contributed by atoms with E-state index in [0.29, 0.717) is 17.0 Å². The summed E-state index contributed by atoms with van der Waals surface area (Å²) in [6, 6.07) is 2.44. The molecule has 15 heavy (non-hydrogen) atoms. The highest BCUT2D eigenvalue weighted by Crippen LogP contribution is 2.19. The van der Waals surface area contributed by atoms with Crippen LogP contribution in [-0.2, 0) is 6.42 Å². The Hall–Kier alpha value is -0.650. The van der Waals surface area contributed by atoms with Gasteiger partial charge in [-0.3, -0.25) is 0 Å². The maximum Gasteiger partial charge on any atom is 0.186 e.